The third kappa shape index (κ3) is 2.88. The molecule has 1 fully saturated rings. The number of likely N-dealkylation sites (tertiary alicyclic amines) is 1. The topological polar surface area (TPSA) is 29.5 Å². The van der Waals surface area contributed by atoms with E-state index in [0.29, 0.717) is 30.7 Å². The van der Waals surface area contributed by atoms with Crippen molar-refractivity contribution in [2.75, 3.05) is 20.2 Å². The first kappa shape index (κ1) is 13.8. The summed E-state index contributed by atoms with van der Waals surface area (Å²) >= 11 is 0. The SMILES string of the molecule is COc1ccc(C(=O)N2CCC(C)C(C)C2)c(F)c1. The average molecular weight is 265 g/mol. The Bertz CT molecular complexity index is 475. The first-order chi connectivity index (χ1) is 9.02. The number of benzene rings is 1. The van der Waals surface area contributed by atoms with Crippen molar-refractivity contribution in [3.05, 3.63) is 29.6 Å². The Kier molecular flexibility index (Phi) is 4.08. The van der Waals surface area contributed by atoms with Crippen LogP contribution in [0.2, 0.25) is 0 Å². The van der Waals surface area contributed by atoms with E-state index in [1.165, 1.54) is 19.2 Å². The highest BCUT2D eigenvalue weighted by Gasteiger charge is 2.27. The lowest BCUT2D eigenvalue weighted by atomic mass is 9.88. The van der Waals surface area contributed by atoms with Crippen molar-refractivity contribution in [2.45, 2.75) is 20.3 Å². The largest absolute Gasteiger partial charge is 0.497 e. The average Bonchev–Trinajstić information content (AvgIpc) is 2.41. The molecule has 0 N–H and O–H groups in total. The van der Waals surface area contributed by atoms with Crippen LogP contribution in [0.1, 0.15) is 30.6 Å². The first-order valence-electron chi connectivity index (χ1n) is 6.65. The standard InChI is InChI=1S/C15H20FNO2/c1-10-6-7-17(9-11(10)2)15(18)13-5-4-12(19-3)8-14(13)16/h4-5,8,10-11H,6-7,9H2,1-3H3. The molecule has 0 spiro atoms. The summed E-state index contributed by atoms with van der Waals surface area (Å²) in [7, 11) is 1.48. The number of hydrogen-bond acceptors (Lipinski definition) is 2. The molecule has 0 bridgehead atoms. The summed E-state index contributed by atoms with van der Waals surface area (Å²) in [4.78, 5) is 14.1. The van der Waals surface area contributed by atoms with Crippen LogP contribution in [0.25, 0.3) is 0 Å². The number of rotatable bonds is 2. The molecule has 104 valence electrons. The van der Waals surface area contributed by atoms with E-state index < -0.39 is 5.82 Å². The van der Waals surface area contributed by atoms with E-state index >= 15 is 0 Å². The molecule has 19 heavy (non-hydrogen) atoms. The molecule has 0 aromatic heterocycles. The highest BCUT2D eigenvalue weighted by Crippen LogP contribution is 2.25. The second-order valence-electron chi connectivity index (χ2n) is 5.34. The van der Waals surface area contributed by atoms with Gasteiger partial charge in [-0.2, -0.15) is 0 Å². The summed E-state index contributed by atoms with van der Waals surface area (Å²) in [6, 6.07) is 4.37. The fraction of sp³-hybridized carbons (Fsp3) is 0.533. The number of hydrogen-bond donors (Lipinski definition) is 0. The monoisotopic (exact) mass is 265 g/mol. The Hall–Kier alpha value is -1.58. The zero-order valence-corrected chi connectivity index (χ0v) is 11.6. The minimum atomic E-state index is -0.518. The minimum Gasteiger partial charge on any atom is -0.497 e. The second-order valence-corrected chi connectivity index (χ2v) is 5.34. The van der Waals surface area contributed by atoms with Crippen molar-refractivity contribution >= 4 is 5.91 Å². The Morgan fingerprint density at radius 2 is 2.11 bits per heavy atom. The quantitative estimate of drug-likeness (QED) is 0.822. The third-order valence-electron chi connectivity index (χ3n) is 4.03. The van der Waals surface area contributed by atoms with Crippen LogP contribution in [-0.2, 0) is 0 Å². The summed E-state index contributed by atoms with van der Waals surface area (Å²) in [6.45, 7) is 5.73. The number of nitrogens with zero attached hydrogens (tertiary/aromatic N) is 1. The Morgan fingerprint density at radius 3 is 2.68 bits per heavy atom. The van der Waals surface area contributed by atoms with Gasteiger partial charge >= 0.3 is 0 Å². The fourth-order valence-corrected chi connectivity index (χ4v) is 2.41. The lowest BCUT2D eigenvalue weighted by Gasteiger charge is -2.35. The van der Waals surface area contributed by atoms with Crippen molar-refractivity contribution in [1.82, 2.24) is 4.90 Å². The van der Waals surface area contributed by atoms with Crippen LogP contribution in [0, 0.1) is 17.7 Å². The number of piperidine rings is 1. The predicted molar refractivity (Wildman–Crippen MR) is 71.8 cm³/mol. The van der Waals surface area contributed by atoms with Gasteiger partial charge in [0.25, 0.3) is 5.91 Å². The van der Waals surface area contributed by atoms with Crippen molar-refractivity contribution in [3.8, 4) is 5.75 Å². The van der Waals surface area contributed by atoms with E-state index in [1.54, 1.807) is 11.0 Å². The molecule has 1 heterocycles. The van der Waals surface area contributed by atoms with E-state index in [0.717, 1.165) is 6.42 Å². The van der Waals surface area contributed by atoms with Crippen LogP contribution in [-0.4, -0.2) is 31.0 Å². The molecular weight excluding hydrogens is 245 g/mol. The van der Waals surface area contributed by atoms with E-state index in [-0.39, 0.29) is 11.5 Å². The van der Waals surface area contributed by atoms with Gasteiger partial charge in [-0.25, -0.2) is 4.39 Å². The van der Waals surface area contributed by atoms with Crippen molar-refractivity contribution in [1.29, 1.82) is 0 Å². The summed E-state index contributed by atoms with van der Waals surface area (Å²) in [5, 5.41) is 0. The maximum Gasteiger partial charge on any atom is 0.256 e. The maximum absolute atomic E-state index is 13.9. The van der Waals surface area contributed by atoms with Crippen LogP contribution < -0.4 is 4.74 Å². The molecule has 2 rings (SSSR count). The van der Waals surface area contributed by atoms with Gasteiger partial charge in [0.15, 0.2) is 0 Å². The van der Waals surface area contributed by atoms with Crippen LogP contribution >= 0.6 is 0 Å². The maximum atomic E-state index is 13.9. The summed E-state index contributed by atoms with van der Waals surface area (Å²) < 4.78 is 18.8. The molecule has 0 radical (unpaired) electrons. The van der Waals surface area contributed by atoms with Gasteiger partial charge in [-0.1, -0.05) is 13.8 Å². The number of carbonyl (C=O) groups is 1. The first-order valence-corrected chi connectivity index (χ1v) is 6.65. The summed E-state index contributed by atoms with van der Waals surface area (Å²) in [6.07, 6.45) is 0.977. The van der Waals surface area contributed by atoms with Crippen LogP contribution in [0.3, 0.4) is 0 Å². The number of amides is 1. The van der Waals surface area contributed by atoms with Gasteiger partial charge in [0.1, 0.15) is 11.6 Å². The molecular formula is C15H20FNO2. The van der Waals surface area contributed by atoms with Gasteiger partial charge in [0.2, 0.25) is 0 Å². The predicted octanol–water partition coefficient (Wildman–Crippen LogP) is 2.95. The Labute approximate surface area is 113 Å². The van der Waals surface area contributed by atoms with E-state index in [4.69, 9.17) is 4.74 Å². The number of carbonyl (C=O) groups excluding carboxylic acids is 1. The Balaban J connectivity index is 2.16. The van der Waals surface area contributed by atoms with Crippen LogP contribution in [0.4, 0.5) is 4.39 Å². The lowest BCUT2D eigenvalue weighted by molar-refractivity contribution is 0.0623. The number of methoxy groups -OCH3 is 1. The molecule has 0 aliphatic carbocycles. The molecule has 2 atom stereocenters. The molecule has 1 aromatic rings. The van der Waals surface area contributed by atoms with Crippen molar-refractivity contribution in [2.24, 2.45) is 11.8 Å². The number of ether oxygens (including phenoxy) is 1. The van der Waals surface area contributed by atoms with Crippen LogP contribution in [0.5, 0.6) is 5.75 Å². The molecule has 1 amide bonds. The second kappa shape index (κ2) is 5.59. The molecule has 1 saturated heterocycles. The highest BCUT2D eigenvalue weighted by atomic mass is 19.1. The highest BCUT2D eigenvalue weighted by molar-refractivity contribution is 5.94. The number of halogens is 1. The molecule has 1 aliphatic rings. The van der Waals surface area contributed by atoms with Crippen molar-refractivity contribution < 1.29 is 13.9 Å². The molecule has 3 nitrogen and oxygen atoms in total. The Morgan fingerprint density at radius 1 is 1.37 bits per heavy atom. The van der Waals surface area contributed by atoms with Gasteiger partial charge in [0, 0.05) is 19.2 Å². The zero-order chi connectivity index (χ0) is 14.0. The molecule has 1 aliphatic heterocycles. The van der Waals surface area contributed by atoms with E-state index in [1.807, 2.05) is 0 Å². The molecule has 2 unspecified atom stereocenters. The lowest BCUT2D eigenvalue weighted by Crippen LogP contribution is -2.42. The van der Waals surface area contributed by atoms with Crippen molar-refractivity contribution in [3.63, 3.8) is 0 Å². The van der Waals surface area contributed by atoms with Gasteiger partial charge in [-0.3, -0.25) is 4.79 Å². The smallest absolute Gasteiger partial charge is 0.256 e. The van der Waals surface area contributed by atoms with E-state index in [2.05, 4.69) is 13.8 Å². The molecule has 1 aromatic carbocycles. The summed E-state index contributed by atoms with van der Waals surface area (Å²) in [5.74, 6) is 0.757. The normalized spacial score (nSPS) is 23.3. The van der Waals surface area contributed by atoms with Gasteiger partial charge in [-0.05, 0) is 30.4 Å². The van der Waals surface area contributed by atoms with Gasteiger partial charge in [0.05, 0.1) is 12.7 Å². The third-order valence-corrected chi connectivity index (χ3v) is 4.03. The van der Waals surface area contributed by atoms with E-state index in [9.17, 15) is 9.18 Å². The molecule has 4 heteroatoms. The zero-order valence-electron chi connectivity index (χ0n) is 11.6. The minimum absolute atomic E-state index is 0.127. The van der Waals surface area contributed by atoms with Gasteiger partial charge in [-0.15, -0.1) is 0 Å². The fourth-order valence-electron chi connectivity index (χ4n) is 2.41. The summed E-state index contributed by atoms with van der Waals surface area (Å²) in [5.41, 5.74) is 0.127. The van der Waals surface area contributed by atoms with Crippen LogP contribution in [0.15, 0.2) is 18.2 Å². The van der Waals surface area contributed by atoms with Gasteiger partial charge < -0.3 is 9.64 Å². The molecule has 0 saturated carbocycles.